The van der Waals surface area contributed by atoms with Crippen LogP contribution >= 0.6 is 0 Å². The molecule has 0 aliphatic heterocycles. The van der Waals surface area contributed by atoms with Gasteiger partial charge in [0.1, 0.15) is 0 Å². The van der Waals surface area contributed by atoms with Crippen LogP contribution in [0.1, 0.15) is 13.3 Å². The van der Waals surface area contributed by atoms with E-state index in [0.717, 1.165) is 0 Å². The summed E-state index contributed by atoms with van der Waals surface area (Å²) < 4.78 is 14.1. The SMILES string of the molecule is COCCC=C(C)C(=O)OCOC. The van der Waals surface area contributed by atoms with Gasteiger partial charge in [-0.05, 0) is 13.3 Å². The molecule has 0 saturated carbocycles. The summed E-state index contributed by atoms with van der Waals surface area (Å²) in [4.78, 5) is 11.1. The third kappa shape index (κ3) is 6.31. The molecule has 0 spiro atoms. The molecule has 4 nitrogen and oxygen atoms in total. The van der Waals surface area contributed by atoms with Crippen LogP contribution in [0.15, 0.2) is 11.6 Å². The summed E-state index contributed by atoms with van der Waals surface area (Å²) in [5.74, 6) is -0.349. The van der Waals surface area contributed by atoms with Gasteiger partial charge in [-0.2, -0.15) is 0 Å². The molecule has 0 N–H and O–H groups in total. The molecule has 0 aromatic rings. The van der Waals surface area contributed by atoms with Crippen molar-refractivity contribution in [2.45, 2.75) is 13.3 Å². The maximum Gasteiger partial charge on any atom is 0.335 e. The van der Waals surface area contributed by atoms with E-state index >= 15 is 0 Å². The van der Waals surface area contributed by atoms with Crippen LogP contribution in [-0.2, 0) is 19.0 Å². The number of hydrogen-bond acceptors (Lipinski definition) is 4. The summed E-state index contributed by atoms with van der Waals surface area (Å²) in [5, 5.41) is 0. The molecular formula is C9H16O4. The molecule has 0 fully saturated rings. The molecule has 0 aliphatic rings. The first kappa shape index (κ1) is 12.1. The standard InChI is InChI=1S/C9H16O4/c1-8(5-4-6-11-2)9(10)13-7-12-3/h5H,4,6-7H2,1-3H3. The second-order valence-electron chi connectivity index (χ2n) is 2.51. The molecule has 0 aromatic heterocycles. The Labute approximate surface area is 78.5 Å². The maximum absolute atomic E-state index is 11.1. The Morgan fingerprint density at radius 1 is 1.31 bits per heavy atom. The lowest BCUT2D eigenvalue weighted by atomic mass is 10.2. The molecule has 76 valence electrons. The Balaban J connectivity index is 3.72. The first-order valence-electron chi connectivity index (χ1n) is 4.04. The molecule has 0 radical (unpaired) electrons. The fourth-order valence-corrected chi connectivity index (χ4v) is 0.703. The van der Waals surface area contributed by atoms with Crippen molar-refractivity contribution in [3.05, 3.63) is 11.6 Å². The van der Waals surface area contributed by atoms with E-state index in [0.29, 0.717) is 18.6 Å². The van der Waals surface area contributed by atoms with Crippen LogP contribution in [0.2, 0.25) is 0 Å². The quantitative estimate of drug-likeness (QED) is 0.271. The predicted octanol–water partition coefficient (Wildman–Crippen LogP) is 1.12. The van der Waals surface area contributed by atoms with Crippen LogP contribution in [0.4, 0.5) is 0 Å². The lowest BCUT2D eigenvalue weighted by Gasteiger charge is -2.02. The summed E-state index contributed by atoms with van der Waals surface area (Å²) in [6.07, 6.45) is 2.49. The minimum Gasteiger partial charge on any atom is -0.435 e. The van der Waals surface area contributed by atoms with Crippen molar-refractivity contribution in [1.82, 2.24) is 0 Å². The van der Waals surface area contributed by atoms with Crippen LogP contribution in [-0.4, -0.2) is 33.6 Å². The average molecular weight is 188 g/mol. The summed E-state index contributed by atoms with van der Waals surface area (Å²) in [6, 6.07) is 0. The van der Waals surface area contributed by atoms with Gasteiger partial charge in [0.25, 0.3) is 0 Å². The highest BCUT2D eigenvalue weighted by Gasteiger charge is 2.03. The lowest BCUT2D eigenvalue weighted by molar-refractivity contribution is -0.149. The molecule has 0 aromatic carbocycles. The second-order valence-corrected chi connectivity index (χ2v) is 2.51. The van der Waals surface area contributed by atoms with E-state index in [4.69, 9.17) is 9.47 Å². The number of carbonyl (C=O) groups excluding carboxylic acids is 1. The van der Waals surface area contributed by atoms with Crippen molar-refractivity contribution in [3.63, 3.8) is 0 Å². The van der Waals surface area contributed by atoms with Crippen LogP contribution in [0.25, 0.3) is 0 Å². The van der Waals surface area contributed by atoms with Gasteiger partial charge in [0.2, 0.25) is 0 Å². The number of ether oxygens (including phenoxy) is 3. The first-order chi connectivity index (χ1) is 6.22. The number of esters is 1. The Hall–Kier alpha value is -0.870. The summed E-state index contributed by atoms with van der Waals surface area (Å²) in [6.45, 7) is 2.30. The van der Waals surface area contributed by atoms with E-state index in [1.54, 1.807) is 20.1 Å². The van der Waals surface area contributed by atoms with Gasteiger partial charge in [-0.15, -0.1) is 0 Å². The zero-order chi connectivity index (χ0) is 10.1. The van der Waals surface area contributed by atoms with Gasteiger partial charge in [-0.3, -0.25) is 0 Å². The van der Waals surface area contributed by atoms with Crippen molar-refractivity contribution in [2.75, 3.05) is 27.6 Å². The third-order valence-corrected chi connectivity index (χ3v) is 1.40. The molecule has 13 heavy (non-hydrogen) atoms. The van der Waals surface area contributed by atoms with Gasteiger partial charge in [-0.1, -0.05) is 6.08 Å². The van der Waals surface area contributed by atoms with Gasteiger partial charge in [0.15, 0.2) is 6.79 Å². The highest BCUT2D eigenvalue weighted by molar-refractivity contribution is 5.87. The Morgan fingerprint density at radius 2 is 2.00 bits per heavy atom. The van der Waals surface area contributed by atoms with E-state index in [-0.39, 0.29) is 12.8 Å². The summed E-state index contributed by atoms with van der Waals surface area (Å²) in [7, 11) is 3.09. The molecule has 0 bridgehead atoms. The van der Waals surface area contributed by atoms with Crippen LogP contribution in [0.5, 0.6) is 0 Å². The monoisotopic (exact) mass is 188 g/mol. The van der Waals surface area contributed by atoms with Gasteiger partial charge >= 0.3 is 5.97 Å². The van der Waals surface area contributed by atoms with Crippen molar-refractivity contribution < 1.29 is 19.0 Å². The van der Waals surface area contributed by atoms with Crippen molar-refractivity contribution in [1.29, 1.82) is 0 Å². The second kappa shape index (κ2) is 7.76. The van der Waals surface area contributed by atoms with E-state index in [1.165, 1.54) is 7.11 Å². The van der Waals surface area contributed by atoms with Crippen molar-refractivity contribution >= 4 is 5.97 Å². The highest BCUT2D eigenvalue weighted by Crippen LogP contribution is 1.98. The lowest BCUT2D eigenvalue weighted by Crippen LogP contribution is -2.08. The molecule has 0 saturated heterocycles. The van der Waals surface area contributed by atoms with Gasteiger partial charge in [-0.25, -0.2) is 4.79 Å². The largest absolute Gasteiger partial charge is 0.435 e. The summed E-state index contributed by atoms with van der Waals surface area (Å²) >= 11 is 0. The zero-order valence-corrected chi connectivity index (χ0v) is 8.33. The van der Waals surface area contributed by atoms with Crippen LogP contribution in [0, 0.1) is 0 Å². The van der Waals surface area contributed by atoms with E-state index in [2.05, 4.69) is 4.74 Å². The molecule has 0 heterocycles. The van der Waals surface area contributed by atoms with Crippen LogP contribution in [0.3, 0.4) is 0 Å². The topological polar surface area (TPSA) is 44.8 Å². The number of carbonyl (C=O) groups is 1. The molecule has 0 unspecified atom stereocenters. The molecule has 0 rings (SSSR count). The smallest absolute Gasteiger partial charge is 0.335 e. The molecular weight excluding hydrogens is 172 g/mol. The average Bonchev–Trinajstić information content (AvgIpc) is 2.14. The number of methoxy groups -OCH3 is 2. The zero-order valence-electron chi connectivity index (χ0n) is 8.33. The van der Waals surface area contributed by atoms with Crippen molar-refractivity contribution in [2.24, 2.45) is 0 Å². The Bertz CT molecular complexity index is 174. The van der Waals surface area contributed by atoms with Gasteiger partial charge < -0.3 is 14.2 Å². The number of hydrogen-bond donors (Lipinski definition) is 0. The van der Waals surface area contributed by atoms with Crippen LogP contribution < -0.4 is 0 Å². The predicted molar refractivity (Wildman–Crippen MR) is 48.2 cm³/mol. The molecule has 4 heteroatoms. The number of rotatable bonds is 6. The van der Waals surface area contributed by atoms with E-state index < -0.39 is 0 Å². The fraction of sp³-hybridized carbons (Fsp3) is 0.667. The fourth-order valence-electron chi connectivity index (χ4n) is 0.703. The minimum absolute atomic E-state index is 0.00566. The molecule has 0 aliphatic carbocycles. The van der Waals surface area contributed by atoms with E-state index in [9.17, 15) is 4.79 Å². The minimum atomic E-state index is -0.349. The highest BCUT2D eigenvalue weighted by atomic mass is 16.7. The van der Waals surface area contributed by atoms with Gasteiger partial charge in [0, 0.05) is 26.4 Å². The normalized spacial score (nSPS) is 11.5. The summed E-state index contributed by atoms with van der Waals surface area (Å²) in [5.41, 5.74) is 0.578. The third-order valence-electron chi connectivity index (χ3n) is 1.40. The molecule has 0 atom stereocenters. The maximum atomic E-state index is 11.1. The molecule has 0 amide bonds. The van der Waals surface area contributed by atoms with Gasteiger partial charge in [0.05, 0.1) is 0 Å². The van der Waals surface area contributed by atoms with Crippen molar-refractivity contribution in [3.8, 4) is 0 Å². The Kier molecular flexibility index (Phi) is 7.24. The first-order valence-corrected chi connectivity index (χ1v) is 4.04. The Morgan fingerprint density at radius 3 is 2.54 bits per heavy atom. The van der Waals surface area contributed by atoms with E-state index in [1.807, 2.05) is 0 Å².